The van der Waals surface area contributed by atoms with Gasteiger partial charge in [-0.2, -0.15) is 4.31 Å². The SMILES string of the molecule is COc1cccc(OC)c1-c1ccc([C@@H](CC(=O)O)NC(=O)[C@@]2(C)COCN2S(=O)(=O)c2cc(Cl)cc(Cl)c2)cc1. The summed E-state index contributed by atoms with van der Waals surface area (Å²) in [6.45, 7) is 0.766. The Morgan fingerprint density at radius 3 is 2.17 bits per heavy atom. The van der Waals surface area contributed by atoms with Crippen molar-refractivity contribution in [1.82, 2.24) is 9.62 Å². The van der Waals surface area contributed by atoms with Gasteiger partial charge in [-0.1, -0.05) is 53.5 Å². The van der Waals surface area contributed by atoms with Gasteiger partial charge in [-0.05, 0) is 48.4 Å². The third-order valence-electron chi connectivity index (χ3n) is 6.77. The molecule has 3 aromatic carbocycles. The molecule has 1 fully saturated rings. The van der Waals surface area contributed by atoms with Crippen LogP contribution in [0.15, 0.2) is 65.6 Å². The number of halogens is 2. The van der Waals surface area contributed by atoms with Gasteiger partial charge in [0.15, 0.2) is 0 Å². The highest BCUT2D eigenvalue weighted by Crippen LogP contribution is 2.39. The number of methoxy groups -OCH3 is 2. The molecule has 0 bridgehead atoms. The molecule has 0 aromatic heterocycles. The van der Waals surface area contributed by atoms with Crippen LogP contribution >= 0.6 is 23.2 Å². The van der Waals surface area contributed by atoms with Gasteiger partial charge in [-0.3, -0.25) is 9.59 Å². The van der Waals surface area contributed by atoms with E-state index in [1.807, 2.05) is 0 Å². The van der Waals surface area contributed by atoms with E-state index in [0.717, 1.165) is 9.87 Å². The molecule has 0 saturated carbocycles. The number of aliphatic carboxylic acids is 1. The van der Waals surface area contributed by atoms with E-state index in [4.69, 9.17) is 37.4 Å². The Hall–Kier alpha value is -3.35. The summed E-state index contributed by atoms with van der Waals surface area (Å²) in [5, 5.41) is 12.5. The zero-order valence-electron chi connectivity index (χ0n) is 22.4. The first-order valence-corrected chi connectivity index (χ1v) is 14.5. The topological polar surface area (TPSA) is 131 Å². The first-order valence-electron chi connectivity index (χ1n) is 12.3. The number of carboxylic acids is 1. The number of nitrogens with one attached hydrogen (secondary N) is 1. The second-order valence-electron chi connectivity index (χ2n) is 9.49. The van der Waals surface area contributed by atoms with Crippen molar-refractivity contribution in [2.75, 3.05) is 27.6 Å². The van der Waals surface area contributed by atoms with Gasteiger partial charge in [0.25, 0.3) is 0 Å². The average molecular weight is 624 g/mol. The molecule has 1 aliphatic rings. The summed E-state index contributed by atoms with van der Waals surface area (Å²) in [4.78, 5) is 25.2. The molecular weight excluding hydrogens is 595 g/mol. The highest BCUT2D eigenvalue weighted by molar-refractivity contribution is 7.89. The van der Waals surface area contributed by atoms with Crippen molar-refractivity contribution in [1.29, 1.82) is 0 Å². The minimum atomic E-state index is -4.27. The number of carboxylic acid groups (broad SMARTS) is 1. The fourth-order valence-corrected chi connectivity index (χ4v) is 6.96. The standard InChI is InChI=1S/C28H28Cl2N2O8S/c1-28(15-40-16-32(28)41(36,37)21-12-19(29)11-20(30)13-21)27(35)31-22(14-25(33)34)17-7-9-18(10-8-17)26-23(38-2)5-4-6-24(26)39-3/h4-13,22H,14-16H2,1-3H3,(H,31,35)(H,33,34)/t22-,28-/m1/s1. The zero-order chi connectivity index (χ0) is 29.9. The molecule has 2 atom stereocenters. The summed E-state index contributed by atoms with van der Waals surface area (Å²) < 4.78 is 44.3. The lowest BCUT2D eigenvalue weighted by Gasteiger charge is -2.32. The van der Waals surface area contributed by atoms with Crippen LogP contribution in [0.3, 0.4) is 0 Å². The van der Waals surface area contributed by atoms with E-state index < -0.39 is 46.6 Å². The Labute approximate surface area is 247 Å². The minimum absolute atomic E-state index is 0.109. The van der Waals surface area contributed by atoms with Crippen LogP contribution in [-0.2, 0) is 24.3 Å². The van der Waals surface area contributed by atoms with Crippen molar-refractivity contribution in [3.63, 3.8) is 0 Å². The maximum Gasteiger partial charge on any atom is 0.305 e. The number of sulfonamides is 1. The summed E-state index contributed by atoms with van der Waals surface area (Å²) in [7, 11) is -1.18. The zero-order valence-corrected chi connectivity index (χ0v) is 24.7. The van der Waals surface area contributed by atoms with E-state index in [1.165, 1.54) is 25.1 Å². The highest BCUT2D eigenvalue weighted by Gasteiger charge is 2.51. The van der Waals surface area contributed by atoms with Crippen molar-refractivity contribution in [2.24, 2.45) is 0 Å². The Balaban J connectivity index is 1.64. The van der Waals surface area contributed by atoms with Gasteiger partial charge in [-0.25, -0.2) is 8.42 Å². The first-order chi connectivity index (χ1) is 19.4. The molecule has 3 aromatic rings. The number of hydrogen-bond donors (Lipinski definition) is 2. The van der Waals surface area contributed by atoms with Crippen LogP contribution in [0.2, 0.25) is 10.0 Å². The van der Waals surface area contributed by atoms with Crippen molar-refractivity contribution in [3.8, 4) is 22.6 Å². The summed E-state index contributed by atoms with van der Waals surface area (Å²) in [5.41, 5.74) is 0.268. The maximum absolute atomic E-state index is 13.6. The Morgan fingerprint density at radius 1 is 1.05 bits per heavy atom. The van der Waals surface area contributed by atoms with Gasteiger partial charge in [0.2, 0.25) is 15.9 Å². The van der Waals surface area contributed by atoms with E-state index in [0.29, 0.717) is 22.6 Å². The Morgan fingerprint density at radius 2 is 1.63 bits per heavy atom. The number of nitrogens with zero attached hydrogens (tertiary/aromatic N) is 1. The molecule has 0 radical (unpaired) electrons. The average Bonchev–Trinajstić information content (AvgIpc) is 3.35. The molecule has 1 amide bonds. The maximum atomic E-state index is 13.6. The minimum Gasteiger partial charge on any atom is -0.496 e. The van der Waals surface area contributed by atoms with Gasteiger partial charge in [-0.15, -0.1) is 0 Å². The molecule has 218 valence electrons. The molecule has 10 nitrogen and oxygen atoms in total. The quantitative estimate of drug-likeness (QED) is 0.331. The molecule has 0 spiro atoms. The first kappa shape index (κ1) is 30.6. The van der Waals surface area contributed by atoms with E-state index in [2.05, 4.69) is 5.32 Å². The molecule has 2 N–H and O–H groups in total. The number of rotatable bonds is 10. The van der Waals surface area contributed by atoms with E-state index in [9.17, 15) is 23.1 Å². The molecule has 1 aliphatic heterocycles. The summed E-state index contributed by atoms with van der Waals surface area (Å²) >= 11 is 12.0. The number of hydrogen-bond acceptors (Lipinski definition) is 7. The number of ether oxygens (including phenoxy) is 3. The predicted octanol–water partition coefficient (Wildman–Crippen LogP) is 4.75. The van der Waals surface area contributed by atoms with E-state index in [1.54, 1.807) is 56.7 Å². The lowest BCUT2D eigenvalue weighted by Crippen LogP contribution is -2.57. The second-order valence-corrected chi connectivity index (χ2v) is 12.2. The monoisotopic (exact) mass is 622 g/mol. The van der Waals surface area contributed by atoms with Gasteiger partial charge >= 0.3 is 5.97 Å². The molecule has 0 aliphatic carbocycles. The number of benzene rings is 3. The fraction of sp³-hybridized carbons (Fsp3) is 0.286. The van der Waals surface area contributed by atoms with Crippen molar-refractivity contribution < 1.29 is 37.3 Å². The second kappa shape index (κ2) is 12.3. The van der Waals surface area contributed by atoms with Crippen LogP contribution in [0.5, 0.6) is 11.5 Å². The fourth-order valence-electron chi connectivity index (χ4n) is 4.62. The van der Waals surface area contributed by atoms with Crippen LogP contribution in [0, 0.1) is 0 Å². The summed E-state index contributed by atoms with van der Waals surface area (Å²) in [5.74, 6) is -0.710. The summed E-state index contributed by atoms with van der Waals surface area (Å²) in [6, 6.07) is 15.1. The van der Waals surface area contributed by atoms with Crippen LogP contribution in [0.1, 0.15) is 24.9 Å². The third kappa shape index (κ3) is 6.29. The molecule has 13 heteroatoms. The normalized spacial score (nSPS) is 18.1. The van der Waals surface area contributed by atoms with Crippen LogP contribution in [0.4, 0.5) is 0 Å². The smallest absolute Gasteiger partial charge is 0.305 e. The summed E-state index contributed by atoms with van der Waals surface area (Å²) in [6.07, 6.45) is -0.448. The molecule has 1 heterocycles. The van der Waals surface area contributed by atoms with Crippen molar-refractivity contribution >= 4 is 45.1 Å². The van der Waals surface area contributed by atoms with Gasteiger partial charge in [0.05, 0.1) is 43.7 Å². The lowest BCUT2D eigenvalue weighted by atomic mass is 9.96. The Kier molecular flexibility index (Phi) is 9.15. The largest absolute Gasteiger partial charge is 0.496 e. The third-order valence-corrected chi connectivity index (χ3v) is 9.13. The highest BCUT2D eigenvalue weighted by atomic mass is 35.5. The molecule has 0 unspecified atom stereocenters. The molecular formula is C28H28Cl2N2O8S. The van der Waals surface area contributed by atoms with Crippen LogP contribution in [0.25, 0.3) is 11.1 Å². The number of carbonyl (C=O) groups is 2. The van der Waals surface area contributed by atoms with Crippen LogP contribution in [-0.4, -0.2) is 62.8 Å². The van der Waals surface area contributed by atoms with Crippen molar-refractivity contribution in [3.05, 3.63) is 76.3 Å². The van der Waals surface area contributed by atoms with Gasteiger partial charge in [0.1, 0.15) is 23.8 Å². The Bertz CT molecular complexity index is 1520. The molecule has 1 saturated heterocycles. The van der Waals surface area contributed by atoms with E-state index >= 15 is 0 Å². The van der Waals surface area contributed by atoms with E-state index in [-0.39, 0.29) is 21.5 Å². The van der Waals surface area contributed by atoms with Crippen molar-refractivity contribution in [2.45, 2.75) is 29.8 Å². The molecule has 4 rings (SSSR count). The molecule has 41 heavy (non-hydrogen) atoms. The number of carbonyl (C=O) groups excluding carboxylic acids is 1. The number of amides is 1. The van der Waals surface area contributed by atoms with Gasteiger partial charge in [0, 0.05) is 10.0 Å². The van der Waals surface area contributed by atoms with Gasteiger partial charge < -0.3 is 24.6 Å². The lowest BCUT2D eigenvalue weighted by molar-refractivity contribution is -0.138. The predicted molar refractivity (Wildman–Crippen MR) is 153 cm³/mol. The van der Waals surface area contributed by atoms with Crippen LogP contribution < -0.4 is 14.8 Å².